The maximum Gasteiger partial charge on any atom is 0.128 e. The molecule has 0 saturated carbocycles. The van der Waals surface area contributed by atoms with E-state index in [4.69, 9.17) is 16.3 Å². The number of hydrogen-bond donors (Lipinski definition) is 1. The molecule has 0 unspecified atom stereocenters. The summed E-state index contributed by atoms with van der Waals surface area (Å²) in [6, 6.07) is 19.0. The molecule has 0 atom stereocenters. The molecule has 0 radical (unpaired) electrons. The van der Waals surface area contributed by atoms with E-state index in [1.54, 1.807) is 12.2 Å². The number of ether oxygens (including phenoxy) is 1. The largest absolute Gasteiger partial charge is 0.379 e. The Morgan fingerprint density at radius 1 is 0.870 bits per heavy atom. The van der Waals surface area contributed by atoms with Crippen LogP contribution in [0.25, 0.3) is 0 Å². The molecule has 0 heterocycles. The molecule has 0 aliphatic carbocycles. The molecular weight excluding hydrogens is 308 g/mol. The lowest BCUT2D eigenvalue weighted by Gasteiger charge is -2.26. The molecule has 3 heteroatoms. The molecule has 1 N–H and O–H groups in total. The summed E-state index contributed by atoms with van der Waals surface area (Å²) in [6.45, 7) is 8.18. The highest BCUT2D eigenvalue weighted by molar-refractivity contribution is 6.18. The van der Waals surface area contributed by atoms with Crippen molar-refractivity contribution in [1.82, 2.24) is 0 Å². The van der Waals surface area contributed by atoms with Crippen LogP contribution in [0.3, 0.4) is 0 Å². The average molecular weight is 331 g/mol. The smallest absolute Gasteiger partial charge is 0.128 e. The van der Waals surface area contributed by atoms with Gasteiger partial charge in [-0.3, -0.25) is 0 Å². The number of alkyl halides is 1. The van der Waals surface area contributed by atoms with Gasteiger partial charge in [-0.2, -0.15) is 0 Å². The van der Waals surface area contributed by atoms with Gasteiger partial charge in [-0.25, -0.2) is 0 Å². The van der Waals surface area contributed by atoms with Gasteiger partial charge in [0.1, 0.15) is 5.60 Å². The normalized spacial score (nSPS) is 10.3. The average Bonchev–Trinajstić information content (AvgIpc) is 2.63. The number of benzene rings is 2. The van der Waals surface area contributed by atoms with Crippen molar-refractivity contribution in [2.75, 3.05) is 19.1 Å². The fraction of sp³-hybridized carbons (Fsp3) is 0.200. The number of rotatable bonds is 7. The van der Waals surface area contributed by atoms with Gasteiger partial charge in [0, 0.05) is 0 Å². The van der Waals surface area contributed by atoms with Gasteiger partial charge in [-0.15, -0.1) is 24.8 Å². The third-order valence-electron chi connectivity index (χ3n) is 3.17. The zero-order valence-corrected chi connectivity index (χ0v) is 14.0. The lowest BCUT2D eigenvalue weighted by Crippen LogP contribution is -2.29. The van der Waals surface area contributed by atoms with E-state index in [-0.39, 0.29) is 5.88 Å². The molecule has 23 heavy (non-hydrogen) atoms. The summed E-state index contributed by atoms with van der Waals surface area (Å²) in [5.41, 5.74) is 0.525. The van der Waals surface area contributed by atoms with Crippen LogP contribution in [0.5, 0.6) is 0 Å². The van der Waals surface area contributed by atoms with Gasteiger partial charge in [0.05, 0.1) is 19.1 Å². The highest BCUT2D eigenvalue weighted by atomic mass is 35.5. The molecule has 0 saturated heterocycles. The van der Waals surface area contributed by atoms with E-state index in [0.29, 0.717) is 13.2 Å². The van der Waals surface area contributed by atoms with Gasteiger partial charge < -0.3 is 9.84 Å². The molecule has 0 aromatic heterocycles. The van der Waals surface area contributed by atoms with Crippen molar-refractivity contribution < 1.29 is 9.84 Å². The molecule has 122 valence electrons. The first-order valence-corrected chi connectivity index (χ1v) is 7.91. The molecular formula is C20H23ClO2. The zero-order valence-electron chi connectivity index (χ0n) is 13.2. The van der Waals surface area contributed by atoms with Gasteiger partial charge in [-0.1, -0.05) is 72.8 Å². The highest BCUT2D eigenvalue weighted by Crippen LogP contribution is 2.30. The van der Waals surface area contributed by atoms with E-state index >= 15 is 0 Å². The van der Waals surface area contributed by atoms with E-state index in [0.717, 1.165) is 11.1 Å². The minimum Gasteiger partial charge on any atom is -0.379 e. The standard InChI is InChI=1S/C14H13ClO.C6H10O/c15-11-14(16,12-7-3-1-4-8-12)13-9-5-2-6-10-13;1-3-5-7-6-4-2/h1-10,16H,11H2;3-4H,1-2,5-6H2. The molecule has 2 aromatic rings. The van der Waals surface area contributed by atoms with Crippen molar-refractivity contribution in [2.24, 2.45) is 0 Å². The summed E-state index contributed by atoms with van der Waals surface area (Å²) < 4.78 is 4.90. The van der Waals surface area contributed by atoms with Crippen LogP contribution in [-0.4, -0.2) is 24.2 Å². The third kappa shape index (κ3) is 6.03. The molecule has 0 aliphatic heterocycles. The fourth-order valence-corrected chi connectivity index (χ4v) is 2.29. The summed E-state index contributed by atoms with van der Waals surface area (Å²) in [4.78, 5) is 0. The number of halogens is 1. The predicted molar refractivity (Wildman–Crippen MR) is 97.8 cm³/mol. The van der Waals surface area contributed by atoms with Crippen molar-refractivity contribution in [3.63, 3.8) is 0 Å². The summed E-state index contributed by atoms with van der Waals surface area (Å²) in [5, 5.41) is 10.6. The highest BCUT2D eigenvalue weighted by Gasteiger charge is 2.29. The molecule has 0 amide bonds. The van der Waals surface area contributed by atoms with Crippen molar-refractivity contribution >= 4 is 11.6 Å². The van der Waals surface area contributed by atoms with E-state index in [1.807, 2.05) is 60.7 Å². The quantitative estimate of drug-likeness (QED) is 0.459. The van der Waals surface area contributed by atoms with Crippen LogP contribution in [-0.2, 0) is 10.3 Å². The first-order valence-electron chi connectivity index (χ1n) is 7.38. The predicted octanol–water partition coefficient (Wildman–Crippen LogP) is 4.54. The van der Waals surface area contributed by atoms with E-state index in [2.05, 4.69) is 13.2 Å². The third-order valence-corrected chi connectivity index (χ3v) is 3.55. The van der Waals surface area contributed by atoms with E-state index in [9.17, 15) is 5.11 Å². The summed E-state index contributed by atoms with van der Waals surface area (Å²) >= 11 is 5.93. The van der Waals surface area contributed by atoms with Crippen LogP contribution in [0.2, 0.25) is 0 Å². The Morgan fingerprint density at radius 3 is 1.57 bits per heavy atom. The summed E-state index contributed by atoms with van der Waals surface area (Å²) in [6.07, 6.45) is 3.42. The van der Waals surface area contributed by atoms with Gasteiger partial charge in [0.15, 0.2) is 0 Å². The van der Waals surface area contributed by atoms with Gasteiger partial charge in [0.25, 0.3) is 0 Å². The van der Waals surface area contributed by atoms with Crippen LogP contribution in [0, 0.1) is 0 Å². The second-order valence-electron chi connectivity index (χ2n) is 4.84. The van der Waals surface area contributed by atoms with Crippen LogP contribution in [0.4, 0.5) is 0 Å². The lowest BCUT2D eigenvalue weighted by molar-refractivity contribution is 0.106. The maximum atomic E-state index is 10.6. The number of hydrogen-bond acceptors (Lipinski definition) is 2. The van der Waals surface area contributed by atoms with Crippen LogP contribution < -0.4 is 0 Å². The topological polar surface area (TPSA) is 29.5 Å². The van der Waals surface area contributed by atoms with Gasteiger partial charge in [0.2, 0.25) is 0 Å². The summed E-state index contributed by atoms with van der Waals surface area (Å²) in [5.74, 6) is 0.140. The molecule has 0 aliphatic rings. The summed E-state index contributed by atoms with van der Waals surface area (Å²) in [7, 11) is 0. The Bertz CT molecular complexity index is 519. The lowest BCUT2D eigenvalue weighted by atomic mass is 9.88. The molecule has 2 nitrogen and oxygen atoms in total. The van der Waals surface area contributed by atoms with Crippen LogP contribution in [0.15, 0.2) is 86.0 Å². The van der Waals surface area contributed by atoms with E-state index in [1.165, 1.54) is 0 Å². The Morgan fingerprint density at radius 2 is 1.26 bits per heavy atom. The van der Waals surface area contributed by atoms with Gasteiger partial charge >= 0.3 is 0 Å². The molecule has 2 rings (SSSR count). The first-order chi connectivity index (χ1) is 11.2. The molecule has 2 aromatic carbocycles. The minimum atomic E-state index is -1.11. The second-order valence-corrected chi connectivity index (χ2v) is 5.11. The van der Waals surface area contributed by atoms with Crippen molar-refractivity contribution in [1.29, 1.82) is 0 Å². The monoisotopic (exact) mass is 330 g/mol. The Hall–Kier alpha value is -1.87. The Balaban J connectivity index is 0.000000322. The fourth-order valence-electron chi connectivity index (χ4n) is 1.98. The minimum absolute atomic E-state index is 0.140. The Kier molecular flexibility index (Phi) is 9.00. The SMILES string of the molecule is C=CCOCC=C.OC(CCl)(c1ccccc1)c1ccccc1. The maximum absolute atomic E-state index is 10.6. The number of aliphatic hydroxyl groups is 1. The van der Waals surface area contributed by atoms with Crippen molar-refractivity contribution in [2.45, 2.75) is 5.60 Å². The molecule has 0 fully saturated rings. The van der Waals surface area contributed by atoms with Crippen LogP contribution in [0.1, 0.15) is 11.1 Å². The van der Waals surface area contributed by atoms with Crippen molar-refractivity contribution in [3.05, 3.63) is 97.1 Å². The first kappa shape index (κ1) is 19.2. The molecule has 0 bridgehead atoms. The van der Waals surface area contributed by atoms with Gasteiger partial charge in [-0.05, 0) is 11.1 Å². The van der Waals surface area contributed by atoms with Crippen LogP contribution >= 0.6 is 11.6 Å². The van der Waals surface area contributed by atoms with Crippen molar-refractivity contribution in [3.8, 4) is 0 Å². The molecule has 0 spiro atoms. The zero-order chi connectivity index (χ0) is 17.0. The van der Waals surface area contributed by atoms with E-state index < -0.39 is 5.60 Å². The second kappa shape index (κ2) is 10.8. The Labute approximate surface area is 143 Å².